The molecule has 0 radical (unpaired) electrons. The zero-order chi connectivity index (χ0) is 8.55. The molecule has 2 heterocycles. The average molecular weight is 178 g/mol. The largest absolute Gasteiger partial charge is 0.461 e. The van der Waals surface area contributed by atoms with E-state index in [1.165, 1.54) is 11.1 Å². The van der Waals surface area contributed by atoms with Crippen molar-refractivity contribution in [3.63, 3.8) is 0 Å². The molecule has 0 unspecified atom stereocenters. The van der Waals surface area contributed by atoms with Crippen LogP contribution < -0.4 is 0 Å². The summed E-state index contributed by atoms with van der Waals surface area (Å²) in [5, 5.41) is 0. The third kappa shape index (κ3) is 1.21. The molecule has 0 saturated heterocycles. The van der Waals surface area contributed by atoms with Crippen LogP contribution in [0.1, 0.15) is 11.1 Å². The minimum atomic E-state index is -0.273. The summed E-state index contributed by atoms with van der Waals surface area (Å²) < 4.78 is 5.35. The van der Waals surface area contributed by atoms with Crippen LogP contribution >= 0.6 is 7.53 Å². The third-order valence-electron chi connectivity index (χ3n) is 2.05. The third-order valence-corrected chi connectivity index (χ3v) is 4.14. The van der Waals surface area contributed by atoms with Gasteiger partial charge in [0.2, 0.25) is 0 Å². The van der Waals surface area contributed by atoms with Crippen LogP contribution in [-0.2, 0) is 0 Å². The van der Waals surface area contributed by atoms with Crippen molar-refractivity contribution in [1.82, 2.24) is 0 Å². The summed E-state index contributed by atoms with van der Waals surface area (Å²) in [6, 6.07) is 3.99. The van der Waals surface area contributed by atoms with E-state index in [0.717, 1.165) is 5.50 Å². The predicted molar refractivity (Wildman–Crippen MR) is 52.2 cm³/mol. The van der Waals surface area contributed by atoms with Crippen LogP contribution in [0.4, 0.5) is 0 Å². The summed E-state index contributed by atoms with van der Waals surface area (Å²) in [4.78, 5) is 0. The quantitative estimate of drug-likeness (QED) is 0.646. The van der Waals surface area contributed by atoms with Gasteiger partial charge in [-0.1, -0.05) is 7.53 Å². The molecule has 2 aromatic heterocycles. The smallest absolute Gasteiger partial charge is 0.148 e. The first-order valence-corrected chi connectivity index (χ1v) is 5.44. The molecular weight excluding hydrogens is 167 g/mol. The molecule has 2 rings (SSSR count). The highest BCUT2D eigenvalue weighted by Gasteiger charge is 2.03. The highest BCUT2D eigenvalue weighted by molar-refractivity contribution is 7.55. The lowest BCUT2D eigenvalue weighted by atomic mass is 10.2. The molecule has 0 aliphatic carbocycles. The van der Waals surface area contributed by atoms with Crippen LogP contribution in [0.25, 0.3) is 5.50 Å². The Morgan fingerprint density at radius 2 is 1.83 bits per heavy atom. The SMILES string of the molecule is Cc1cp(-c2ccco2)cc1C. The van der Waals surface area contributed by atoms with E-state index in [9.17, 15) is 0 Å². The number of rotatable bonds is 1. The van der Waals surface area contributed by atoms with Crippen LogP contribution in [-0.4, -0.2) is 0 Å². The van der Waals surface area contributed by atoms with Crippen molar-refractivity contribution in [3.05, 3.63) is 41.1 Å². The van der Waals surface area contributed by atoms with Crippen molar-refractivity contribution in [2.75, 3.05) is 0 Å². The lowest BCUT2D eigenvalue weighted by Gasteiger charge is -1.88. The maximum absolute atomic E-state index is 5.35. The monoisotopic (exact) mass is 178 g/mol. The second-order valence-electron chi connectivity index (χ2n) is 2.98. The van der Waals surface area contributed by atoms with Crippen LogP contribution in [0.3, 0.4) is 0 Å². The van der Waals surface area contributed by atoms with Crippen LogP contribution in [0.5, 0.6) is 0 Å². The molecule has 2 aromatic rings. The van der Waals surface area contributed by atoms with Gasteiger partial charge in [-0.05, 0) is 48.7 Å². The van der Waals surface area contributed by atoms with Gasteiger partial charge >= 0.3 is 0 Å². The Hall–Kier alpha value is -0.940. The Morgan fingerprint density at radius 3 is 2.33 bits per heavy atom. The lowest BCUT2D eigenvalue weighted by molar-refractivity contribution is 0.595. The topological polar surface area (TPSA) is 13.1 Å². The highest BCUT2D eigenvalue weighted by Crippen LogP contribution is 2.42. The van der Waals surface area contributed by atoms with Crippen molar-refractivity contribution in [1.29, 1.82) is 0 Å². The first-order chi connectivity index (χ1) is 5.77. The molecule has 0 amide bonds. The van der Waals surface area contributed by atoms with Gasteiger partial charge in [-0.2, -0.15) is 0 Å². The van der Waals surface area contributed by atoms with E-state index >= 15 is 0 Å². The molecule has 0 fully saturated rings. The Kier molecular flexibility index (Phi) is 1.82. The second-order valence-corrected chi connectivity index (χ2v) is 4.75. The number of hydrogen-bond acceptors (Lipinski definition) is 1. The van der Waals surface area contributed by atoms with Gasteiger partial charge in [0.15, 0.2) is 0 Å². The normalized spacial score (nSPS) is 10.5. The zero-order valence-electron chi connectivity index (χ0n) is 7.24. The molecule has 0 aliphatic heterocycles. The van der Waals surface area contributed by atoms with E-state index in [2.05, 4.69) is 25.4 Å². The van der Waals surface area contributed by atoms with Crippen LogP contribution in [0, 0.1) is 13.8 Å². The minimum Gasteiger partial charge on any atom is -0.461 e. The van der Waals surface area contributed by atoms with E-state index in [1.807, 2.05) is 12.1 Å². The maximum atomic E-state index is 5.35. The second kappa shape index (κ2) is 2.84. The molecule has 0 aliphatic rings. The Bertz CT molecular complexity index is 351. The van der Waals surface area contributed by atoms with E-state index in [4.69, 9.17) is 4.42 Å². The molecule has 2 heteroatoms. The molecular formula is C10H11OP. The van der Waals surface area contributed by atoms with E-state index < -0.39 is 0 Å². The summed E-state index contributed by atoms with van der Waals surface area (Å²) in [6.45, 7) is 4.30. The molecule has 12 heavy (non-hydrogen) atoms. The summed E-state index contributed by atoms with van der Waals surface area (Å²) in [5.74, 6) is 4.59. The summed E-state index contributed by atoms with van der Waals surface area (Å²) in [7, 11) is -0.273. The fourth-order valence-electron chi connectivity index (χ4n) is 1.20. The van der Waals surface area contributed by atoms with Gasteiger partial charge in [-0.3, -0.25) is 0 Å². The summed E-state index contributed by atoms with van der Waals surface area (Å²) in [5.41, 5.74) is 3.87. The minimum absolute atomic E-state index is 0.273. The van der Waals surface area contributed by atoms with Crippen molar-refractivity contribution < 1.29 is 4.42 Å². The summed E-state index contributed by atoms with van der Waals surface area (Å²) in [6.07, 6.45) is 1.74. The number of furan rings is 1. The fraction of sp³-hybridized carbons (Fsp3) is 0.200. The molecule has 62 valence electrons. The zero-order valence-corrected chi connectivity index (χ0v) is 8.14. The van der Waals surface area contributed by atoms with Gasteiger partial charge in [-0.15, -0.1) is 0 Å². The van der Waals surface area contributed by atoms with Crippen molar-refractivity contribution >= 4 is 7.53 Å². The molecule has 0 bridgehead atoms. The standard InChI is InChI=1S/C10H11OP/c1-8-6-12(7-9(8)2)10-4-3-5-11-10/h3-7H,1-2H3. The Balaban J connectivity index is 2.48. The molecule has 1 nitrogen and oxygen atoms in total. The highest BCUT2D eigenvalue weighted by atomic mass is 31.1. The first kappa shape index (κ1) is 7.70. The summed E-state index contributed by atoms with van der Waals surface area (Å²) >= 11 is 0. The molecule has 0 aromatic carbocycles. The van der Waals surface area contributed by atoms with Crippen LogP contribution in [0.15, 0.2) is 34.4 Å². The van der Waals surface area contributed by atoms with E-state index in [1.54, 1.807) is 6.26 Å². The number of aryl methyl sites for hydroxylation is 2. The van der Waals surface area contributed by atoms with Crippen molar-refractivity contribution in [3.8, 4) is 5.50 Å². The van der Waals surface area contributed by atoms with E-state index in [-0.39, 0.29) is 7.53 Å². The van der Waals surface area contributed by atoms with Gasteiger partial charge in [0.25, 0.3) is 0 Å². The Morgan fingerprint density at radius 1 is 1.17 bits per heavy atom. The predicted octanol–water partition coefficient (Wildman–Crippen LogP) is 3.87. The van der Waals surface area contributed by atoms with Gasteiger partial charge in [0.05, 0.1) is 6.26 Å². The molecule has 0 atom stereocenters. The van der Waals surface area contributed by atoms with Gasteiger partial charge in [0, 0.05) is 0 Å². The maximum Gasteiger partial charge on any atom is 0.148 e. The first-order valence-electron chi connectivity index (χ1n) is 3.96. The molecule has 0 saturated carbocycles. The van der Waals surface area contributed by atoms with Gasteiger partial charge in [0.1, 0.15) is 5.50 Å². The average Bonchev–Trinajstić information content (AvgIpc) is 2.61. The molecule has 0 spiro atoms. The van der Waals surface area contributed by atoms with E-state index in [0.29, 0.717) is 0 Å². The number of hydrogen-bond donors (Lipinski definition) is 0. The van der Waals surface area contributed by atoms with Crippen molar-refractivity contribution in [2.45, 2.75) is 13.8 Å². The van der Waals surface area contributed by atoms with Gasteiger partial charge in [-0.25, -0.2) is 0 Å². The van der Waals surface area contributed by atoms with Gasteiger partial charge < -0.3 is 4.42 Å². The lowest BCUT2D eigenvalue weighted by Crippen LogP contribution is -1.63. The Labute approximate surface area is 73.1 Å². The van der Waals surface area contributed by atoms with Crippen LogP contribution in [0.2, 0.25) is 0 Å². The molecule has 0 N–H and O–H groups in total. The fourth-order valence-corrected chi connectivity index (χ4v) is 3.21. The van der Waals surface area contributed by atoms with Crippen molar-refractivity contribution in [2.24, 2.45) is 0 Å².